The van der Waals surface area contributed by atoms with Gasteiger partial charge in [0.15, 0.2) is 0 Å². The molecule has 0 spiro atoms. The summed E-state index contributed by atoms with van der Waals surface area (Å²) in [5, 5.41) is 0. The number of ether oxygens (including phenoxy) is 2. The van der Waals surface area contributed by atoms with Crippen LogP contribution in [-0.4, -0.2) is 48.0 Å². The van der Waals surface area contributed by atoms with E-state index in [1.54, 1.807) is 11.8 Å². The minimum Gasteiger partial charge on any atom is -0.460 e. The van der Waals surface area contributed by atoms with E-state index in [1.807, 2.05) is 20.8 Å². The van der Waals surface area contributed by atoms with Crippen LogP contribution in [0, 0.1) is 5.92 Å². The number of Topliss-reactive ketones (excluding diaryl/α,β-unsaturated/α-hetero) is 1. The lowest BCUT2D eigenvalue weighted by molar-refractivity contribution is -0.153. The fourth-order valence-corrected chi connectivity index (χ4v) is 2.21. The van der Waals surface area contributed by atoms with Crippen molar-refractivity contribution < 1.29 is 23.9 Å². The minimum absolute atomic E-state index is 0.172. The first-order chi connectivity index (χ1) is 9.73. The largest absolute Gasteiger partial charge is 0.460 e. The van der Waals surface area contributed by atoms with Crippen molar-refractivity contribution in [2.75, 3.05) is 19.7 Å². The Morgan fingerprint density at radius 3 is 2.48 bits per heavy atom. The van der Waals surface area contributed by atoms with Gasteiger partial charge in [0.2, 0.25) is 5.78 Å². The minimum atomic E-state index is -0.764. The van der Waals surface area contributed by atoms with Gasteiger partial charge in [-0.1, -0.05) is 0 Å². The fraction of sp³-hybridized carbons (Fsp3) is 0.800. The summed E-state index contributed by atoms with van der Waals surface area (Å²) in [4.78, 5) is 36.3. The number of carbonyl (C=O) groups excluding carboxylic acids is 3. The molecule has 1 amide bonds. The van der Waals surface area contributed by atoms with Gasteiger partial charge in [0.25, 0.3) is 0 Å². The molecule has 0 saturated carbocycles. The Morgan fingerprint density at radius 2 is 1.90 bits per heavy atom. The van der Waals surface area contributed by atoms with Gasteiger partial charge < -0.3 is 14.4 Å². The van der Waals surface area contributed by atoms with E-state index in [1.165, 1.54) is 0 Å². The highest BCUT2D eigenvalue weighted by molar-refractivity contribution is 6.33. The number of rotatable bonds is 5. The Labute approximate surface area is 125 Å². The molecule has 0 bridgehead atoms. The van der Waals surface area contributed by atoms with Gasteiger partial charge in [-0.15, -0.1) is 0 Å². The zero-order valence-corrected chi connectivity index (χ0v) is 13.3. The van der Waals surface area contributed by atoms with Crippen LogP contribution in [0.2, 0.25) is 0 Å². The number of nitrogens with zero attached hydrogens (tertiary/aromatic N) is 1. The predicted molar refractivity (Wildman–Crippen MR) is 76.8 cm³/mol. The van der Waals surface area contributed by atoms with Crippen LogP contribution in [0.15, 0.2) is 0 Å². The van der Waals surface area contributed by atoms with E-state index in [-0.39, 0.29) is 25.0 Å². The summed E-state index contributed by atoms with van der Waals surface area (Å²) in [5.41, 5.74) is -0.505. The first kappa shape index (κ1) is 17.5. The zero-order chi connectivity index (χ0) is 16.0. The van der Waals surface area contributed by atoms with Crippen LogP contribution in [0.25, 0.3) is 0 Å². The number of likely N-dealkylation sites (tertiary alicyclic amines) is 1. The lowest BCUT2D eigenvalue weighted by Crippen LogP contribution is -2.35. The van der Waals surface area contributed by atoms with Crippen LogP contribution < -0.4 is 0 Å². The van der Waals surface area contributed by atoms with Crippen molar-refractivity contribution >= 4 is 17.8 Å². The molecule has 1 heterocycles. The van der Waals surface area contributed by atoms with Crippen molar-refractivity contribution in [3.63, 3.8) is 0 Å². The van der Waals surface area contributed by atoms with E-state index in [9.17, 15) is 14.4 Å². The molecule has 0 aromatic heterocycles. The molecule has 0 aromatic carbocycles. The number of amides is 1. The molecule has 1 saturated heterocycles. The molecule has 1 unspecified atom stereocenters. The summed E-state index contributed by atoms with van der Waals surface area (Å²) in [7, 11) is 0. The lowest BCUT2D eigenvalue weighted by Gasteiger charge is -2.24. The van der Waals surface area contributed by atoms with E-state index < -0.39 is 17.4 Å². The maximum Gasteiger partial charge on any atom is 0.410 e. The summed E-state index contributed by atoms with van der Waals surface area (Å²) >= 11 is 0. The second-order valence-electron chi connectivity index (χ2n) is 6.26. The molecule has 1 atom stereocenters. The molecule has 1 aliphatic rings. The monoisotopic (exact) mass is 299 g/mol. The van der Waals surface area contributed by atoms with Crippen molar-refractivity contribution in [2.45, 2.75) is 52.6 Å². The Kier molecular flexibility index (Phi) is 6.18. The topological polar surface area (TPSA) is 72.9 Å². The maximum absolute atomic E-state index is 11.9. The van der Waals surface area contributed by atoms with Gasteiger partial charge in [-0.25, -0.2) is 9.59 Å². The summed E-state index contributed by atoms with van der Waals surface area (Å²) in [6, 6.07) is 0. The van der Waals surface area contributed by atoms with Crippen molar-refractivity contribution in [3.8, 4) is 0 Å². The van der Waals surface area contributed by atoms with Gasteiger partial charge in [0.1, 0.15) is 5.60 Å². The molecular weight excluding hydrogens is 274 g/mol. The first-order valence-electron chi connectivity index (χ1n) is 7.40. The van der Waals surface area contributed by atoms with Gasteiger partial charge in [0, 0.05) is 19.5 Å². The third kappa shape index (κ3) is 6.14. The summed E-state index contributed by atoms with van der Waals surface area (Å²) in [6.45, 7) is 8.57. The Bertz CT molecular complexity index is 399. The average molecular weight is 299 g/mol. The Balaban J connectivity index is 2.33. The van der Waals surface area contributed by atoms with Crippen LogP contribution in [0.3, 0.4) is 0 Å². The van der Waals surface area contributed by atoms with E-state index in [0.717, 1.165) is 6.42 Å². The smallest absolute Gasteiger partial charge is 0.410 e. The van der Waals surface area contributed by atoms with Crippen LogP contribution in [-0.2, 0) is 19.1 Å². The highest BCUT2D eigenvalue weighted by atomic mass is 16.6. The van der Waals surface area contributed by atoms with Crippen LogP contribution in [0.1, 0.15) is 47.0 Å². The molecule has 120 valence electrons. The molecule has 6 heteroatoms. The molecule has 6 nitrogen and oxygen atoms in total. The third-order valence-electron chi connectivity index (χ3n) is 3.22. The highest BCUT2D eigenvalue weighted by Gasteiger charge is 2.30. The molecule has 0 radical (unpaired) electrons. The molecule has 0 aliphatic carbocycles. The van der Waals surface area contributed by atoms with E-state index in [4.69, 9.17) is 4.74 Å². The third-order valence-corrected chi connectivity index (χ3v) is 3.22. The van der Waals surface area contributed by atoms with E-state index in [2.05, 4.69) is 4.74 Å². The molecule has 0 N–H and O–H groups in total. The van der Waals surface area contributed by atoms with Crippen LogP contribution in [0.4, 0.5) is 4.79 Å². The number of carbonyl (C=O) groups is 3. The molecule has 1 fully saturated rings. The van der Waals surface area contributed by atoms with Crippen molar-refractivity contribution in [2.24, 2.45) is 5.92 Å². The van der Waals surface area contributed by atoms with Gasteiger partial charge in [-0.05, 0) is 46.5 Å². The first-order valence-corrected chi connectivity index (χ1v) is 7.40. The normalized spacial score (nSPS) is 18.5. The standard InChI is InChI=1S/C15H25NO5/c1-5-20-13(18)12(17)7-6-11-8-9-16(10-11)14(19)21-15(2,3)4/h11H,5-10H2,1-4H3. The SMILES string of the molecule is CCOC(=O)C(=O)CCC1CCN(C(=O)OC(C)(C)C)C1. The second kappa shape index (κ2) is 7.43. The average Bonchev–Trinajstić information content (AvgIpc) is 2.83. The molecule has 0 aromatic rings. The number of hydrogen-bond donors (Lipinski definition) is 0. The maximum atomic E-state index is 11.9. The highest BCUT2D eigenvalue weighted by Crippen LogP contribution is 2.23. The van der Waals surface area contributed by atoms with Crippen molar-refractivity contribution in [3.05, 3.63) is 0 Å². The Morgan fingerprint density at radius 1 is 1.24 bits per heavy atom. The predicted octanol–water partition coefficient (Wildman–Crippen LogP) is 2.16. The van der Waals surface area contributed by atoms with E-state index in [0.29, 0.717) is 19.5 Å². The van der Waals surface area contributed by atoms with Crippen molar-refractivity contribution in [1.29, 1.82) is 0 Å². The van der Waals surface area contributed by atoms with Gasteiger partial charge in [0.05, 0.1) is 6.61 Å². The summed E-state index contributed by atoms with van der Waals surface area (Å²) in [6.07, 6.45) is 1.28. The van der Waals surface area contributed by atoms with Crippen LogP contribution in [0.5, 0.6) is 0 Å². The summed E-state index contributed by atoms with van der Waals surface area (Å²) < 4.78 is 9.97. The zero-order valence-electron chi connectivity index (χ0n) is 13.3. The van der Waals surface area contributed by atoms with Gasteiger partial charge >= 0.3 is 12.1 Å². The summed E-state index contributed by atoms with van der Waals surface area (Å²) in [5.74, 6) is -1.03. The second-order valence-corrected chi connectivity index (χ2v) is 6.26. The number of hydrogen-bond acceptors (Lipinski definition) is 5. The lowest BCUT2D eigenvalue weighted by atomic mass is 10.0. The number of esters is 1. The van der Waals surface area contributed by atoms with E-state index >= 15 is 0 Å². The fourth-order valence-electron chi connectivity index (χ4n) is 2.21. The van der Waals surface area contributed by atoms with Crippen molar-refractivity contribution in [1.82, 2.24) is 4.90 Å². The Hall–Kier alpha value is -1.59. The molecular formula is C15H25NO5. The molecule has 1 rings (SSSR count). The quantitative estimate of drug-likeness (QED) is 0.574. The van der Waals surface area contributed by atoms with Gasteiger partial charge in [-0.2, -0.15) is 0 Å². The number of ketones is 1. The molecule has 21 heavy (non-hydrogen) atoms. The molecule has 1 aliphatic heterocycles. The van der Waals surface area contributed by atoms with Crippen LogP contribution >= 0.6 is 0 Å². The van der Waals surface area contributed by atoms with Gasteiger partial charge in [-0.3, -0.25) is 4.79 Å².